The van der Waals surface area contributed by atoms with Crippen molar-refractivity contribution in [3.8, 4) is 17.3 Å². The Morgan fingerprint density at radius 3 is 2.81 bits per heavy atom. The first-order chi connectivity index (χ1) is 9.99. The molecule has 0 aliphatic heterocycles. The SMILES string of the molecule is N#Cc1c[n+](CCCS(=O)(=O)O)ccc1-c1cnccn1. The summed E-state index contributed by atoms with van der Waals surface area (Å²) in [5, 5.41) is 9.21. The van der Waals surface area contributed by atoms with E-state index in [0.29, 0.717) is 23.4 Å². The number of rotatable bonds is 5. The fraction of sp³-hybridized carbons (Fsp3) is 0.231. The summed E-state index contributed by atoms with van der Waals surface area (Å²) >= 11 is 0. The Morgan fingerprint density at radius 1 is 1.38 bits per heavy atom. The highest BCUT2D eigenvalue weighted by Gasteiger charge is 2.13. The van der Waals surface area contributed by atoms with Gasteiger partial charge in [-0.05, 0) is 0 Å². The lowest BCUT2D eigenvalue weighted by atomic mass is 10.1. The number of aromatic nitrogens is 3. The molecular weight excluding hydrogens is 292 g/mol. The predicted molar refractivity (Wildman–Crippen MR) is 73.4 cm³/mol. The molecular formula is C13H13N4O3S+. The number of aryl methyl sites for hydroxylation is 1. The molecule has 2 aromatic heterocycles. The molecule has 2 rings (SSSR count). The second kappa shape index (κ2) is 6.39. The summed E-state index contributed by atoms with van der Waals surface area (Å²) < 4.78 is 31.7. The number of pyridine rings is 1. The highest BCUT2D eigenvalue weighted by atomic mass is 32.2. The van der Waals surface area contributed by atoms with E-state index in [1.54, 1.807) is 41.6 Å². The molecule has 0 fully saturated rings. The molecule has 21 heavy (non-hydrogen) atoms. The van der Waals surface area contributed by atoms with E-state index in [2.05, 4.69) is 16.0 Å². The minimum Gasteiger partial charge on any atom is -0.286 e. The van der Waals surface area contributed by atoms with Gasteiger partial charge in [-0.3, -0.25) is 14.5 Å². The van der Waals surface area contributed by atoms with Crippen LogP contribution in [0.5, 0.6) is 0 Å². The van der Waals surface area contributed by atoms with Gasteiger partial charge in [-0.25, -0.2) is 4.57 Å². The summed E-state index contributed by atoms with van der Waals surface area (Å²) in [6.45, 7) is 0.384. The maximum atomic E-state index is 10.7. The summed E-state index contributed by atoms with van der Waals surface area (Å²) in [7, 11) is -3.96. The molecule has 0 aliphatic rings. The third-order valence-electron chi connectivity index (χ3n) is 2.80. The van der Waals surface area contributed by atoms with Crippen molar-refractivity contribution < 1.29 is 17.5 Å². The van der Waals surface area contributed by atoms with Crippen LogP contribution in [0.3, 0.4) is 0 Å². The van der Waals surface area contributed by atoms with Crippen molar-refractivity contribution in [3.63, 3.8) is 0 Å². The largest absolute Gasteiger partial charge is 0.286 e. The Kier molecular flexibility index (Phi) is 4.57. The monoisotopic (exact) mass is 305 g/mol. The Balaban J connectivity index is 2.20. The highest BCUT2D eigenvalue weighted by molar-refractivity contribution is 7.85. The molecule has 108 valence electrons. The molecule has 1 N–H and O–H groups in total. The molecule has 0 spiro atoms. The third-order valence-corrected chi connectivity index (χ3v) is 3.60. The van der Waals surface area contributed by atoms with E-state index in [1.165, 1.54) is 0 Å². The number of hydrogen-bond acceptors (Lipinski definition) is 5. The standard InChI is InChI=1S/C13H12N4O3S/c14-8-11-10-17(5-1-7-21(18,19)20)6-2-12(11)13-9-15-3-4-16-13/h2-4,6,9-10H,1,5,7H2/p+1. The van der Waals surface area contributed by atoms with Crippen molar-refractivity contribution in [2.75, 3.05) is 5.75 Å². The van der Waals surface area contributed by atoms with E-state index in [1.807, 2.05) is 0 Å². The lowest BCUT2D eigenvalue weighted by molar-refractivity contribution is -0.696. The molecule has 0 atom stereocenters. The van der Waals surface area contributed by atoms with E-state index < -0.39 is 10.1 Å². The normalized spacial score (nSPS) is 11.0. The second-order valence-corrected chi connectivity index (χ2v) is 5.92. The van der Waals surface area contributed by atoms with E-state index >= 15 is 0 Å². The summed E-state index contributed by atoms with van der Waals surface area (Å²) in [6, 6.07) is 3.82. The molecule has 7 nitrogen and oxygen atoms in total. The average molecular weight is 305 g/mol. The molecule has 0 bridgehead atoms. The maximum absolute atomic E-state index is 10.7. The van der Waals surface area contributed by atoms with Gasteiger partial charge >= 0.3 is 0 Å². The van der Waals surface area contributed by atoms with E-state index in [0.717, 1.165) is 0 Å². The Morgan fingerprint density at radius 2 is 2.19 bits per heavy atom. The fourth-order valence-corrected chi connectivity index (χ4v) is 2.35. The molecule has 0 unspecified atom stereocenters. The molecule has 0 saturated heterocycles. The number of nitrogens with zero attached hydrogens (tertiary/aromatic N) is 4. The second-order valence-electron chi connectivity index (χ2n) is 4.35. The van der Waals surface area contributed by atoms with E-state index in [-0.39, 0.29) is 12.2 Å². The van der Waals surface area contributed by atoms with Crippen LogP contribution in [0.15, 0.2) is 37.1 Å². The summed E-state index contributed by atoms with van der Waals surface area (Å²) in [5.41, 5.74) is 1.68. The molecule has 0 amide bonds. The van der Waals surface area contributed by atoms with Crippen LogP contribution in [0.25, 0.3) is 11.3 Å². The number of hydrogen-bond donors (Lipinski definition) is 1. The van der Waals surface area contributed by atoms with Crippen LogP contribution < -0.4 is 4.57 Å². The predicted octanol–water partition coefficient (Wildman–Crippen LogP) is 0.581. The summed E-state index contributed by atoms with van der Waals surface area (Å²) in [4.78, 5) is 8.11. The quantitative estimate of drug-likeness (QED) is 0.639. The minimum absolute atomic E-state index is 0.263. The Labute approximate surface area is 122 Å². The maximum Gasteiger partial charge on any atom is 0.265 e. The van der Waals surface area contributed by atoms with Gasteiger partial charge in [-0.15, -0.1) is 0 Å². The molecule has 2 heterocycles. The van der Waals surface area contributed by atoms with Crippen molar-refractivity contribution in [3.05, 3.63) is 42.6 Å². The summed E-state index contributed by atoms with van der Waals surface area (Å²) in [5.74, 6) is -0.312. The van der Waals surface area contributed by atoms with Crippen molar-refractivity contribution in [1.29, 1.82) is 5.26 Å². The molecule has 0 aliphatic carbocycles. The highest BCUT2D eigenvalue weighted by Crippen LogP contribution is 2.18. The zero-order chi connectivity index (χ0) is 15.3. The van der Waals surface area contributed by atoms with Crippen molar-refractivity contribution in [1.82, 2.24) is 9.97 Å². The van der Waals surface area contributed by atoms with Crippen molar-refractivity contribution in [2.24, 2.45) is 0 Å². The topological polar surface area (TPSA) is 108 Å². The van der Waals surface area contributed by atoms with Gasteiger partial charge in [0.25, 0.3) is 10.1 Å². The van der Waals surface area contributed by atoms with Crippen molar-refractivity contribution >= 4 is 10.1 Å². The van der Waals surface area contributed by atoms with Crippen LogP contribution in [0.4, 0.5) is 0 Å². The average Bonchev–Trinajstić information content (AvgIpc) is 2.46. The molecule has 0 radical (unpaired) electrons. The molecule has 0 saturated carbocycles. The van der Waals surface area contributed by atoms with Gasteiger partial charge < -0.3 is 0 Å². The van der Waals surface area contributed by atoms with Gasteiger partial charge in [0.05, 0.1) is 17.6 Å². The Hall–Kier alpha value is -2.37. The van der Waals surface area contributed by atoms with Crippen LogP contribution in [0.2, 0.25) is 0 Å². The first-order valence-corrected chi connectivity index (χ1v) is 7.75. The minimum atomic E-state index is -3.96. The van der Waals surface area contributed by atoms with E-state index in [4.69, 9.17) is 4.55 Å². The van der Waals surface area contributed by atoms with Crippen LogP contribution in [-0.4, -0.2) is 28.7 Å². The van der Waals surface area contributed by atoms with E-state index in [9.17, 15) is 13.7 Å². The van der Waals surface area contributed by atoms with Gasteiger partial charge in [0, 0.05) is 30.4 Å². The zero-order valence-corrected chi connectivity index (χ0v) is 11.9. The smallest absolute Gasteiger partial charge is 0.265 e. The van der Waals surface area contributed by atoms with Crippen molar-refractivity contribution in [2.45, 2.75) is 13.0 Å². The van der Waals surface area contributed by atoms with Gasteiger partial charge in [0.2, 0.25) is 0 Å². The molecule has 8 heteroatoms. The fourth-order valence-electron chi connectivity index (χ4n) is 1.86. The third kappa shape index (κ3) is 4.30. The van der Waals surface area contributed by atoms with Gasteiger partial charge in [-0.1, -0.05) is 0 Å². The zero-order valence-electron chi connectivity index (χ0n) is 11.0. The van der Waals surface area contributed by atoms with Crippen LogP contribution in [0, 0.1) is 11.3 Å². The van der Waals surface area contributed by atoms with Gasteiger partial charge in [-0.2, -0.15) is 13.7 Å². The van der Waals surface area contributed by atoms with Gasteiger partial charge in [0.1, 0.15) is 18.2 Å². The molecule has 2 aromatic rings. The first kappa shape index (κ1) is 15.0. The first-order valence-electron chi connectivity index (χ1n) is 6.14. The van der Waals surface area contributed by atoms with Crippen LogP contribution >= 0.6 is 0 Å². The lowest BCUT2D eigenvalue weighted by Gasteiger charge is -2.02. The number of nitriles is 1. The van der Waals surface area contributed by atoms with Crippen LogP contribution in [-0.2, 0) is 16.7 Å². The summed E-state index contributed by atoms with van der Waals surface area (Å²) in [6.07, 6.45) is 8.28. The Bertz CT molecular complexity index is 770. The van der Waals surface area contributed by atoms with Gasteiger partial charge in [0.15, 0.2) is 12.4 Å². The lowest BCUT2D eigenvalue weighted by Crippen LogP contribution is -2.34. The molecule has 0 aromatic carbocycles. The van der Waals surface area contributed by atoms with Crippen LogP contribution in [0.1, 0.15) is 12.0 Å².